The molecule has 0 saturated carbocycles. The lowest BCUT2D eigenvalue weighted by atomic mass is 10.0. The quantitative estimate of drug-likeness (QED) is 0.894. The smallest absolute Gasteiger partial charge is 0.237 e. The lowest BCUT2D eigenvalue weighted by molar-refractivity contribution is -0.123. The van der Waals surface area contributed by atoms with Crippen molar-refractivity contribution in [3.8, 4) is 0 Å². The summed E-state index contributed by atoms with van der Waals surface area (Å²) in [4.78, 5) is 16.7. The molecule has 1 saturated heterocycles. The fraction of sp³-hybridized carbons (Fsp3) is 0.500. The van der Waals surface area contributed by atoms with Crippen LogP contribution in [0, 0.1) is 12.8 Å². The first-order valence-electron chi connectivity index (χ1n) is 7.60. The van der Waals surface area contributed by atoms with E-state index in [9.17, 15) is 4.79 Å². The minimum atomic E-state index is -0.0365. The summed E-state index contributed by atoms with van der Waals surface area (Å²) in [5.74, 6) is 1.51. The Kier molecular flexibility index (Phi) is 3.92. The minimum absolute atomic E-state index is 0.0365. The van der Waals surface area contributed by atoms with Crippen molar-refractivity contribution in [2.75, 3.05) is 13.1 Å². The largest absolute Gasteiger partial charge is 0.353 e. The van der Waals surface area contributed by atoms with Crippen molar-refractivity contribution in [3.05, 3.63) is 30.1 Å². The Hall–Kier alpha value is -1.88. The van der Waals surface area contributed by atoms with Crippen LogP contribution in [0.1, 0.15) is 19.2 Å². The average Bonchev–Trinajstić information content (AvgIpc) is 3.03. The highest BCUT2D eigenvalue weighted by molar-refractivity contribution is 5.82. The maximum absolute atomic E-state index is 12.1. The summed E-state index contributed by atoms with van der Waals surface area (Å²) in [5, 5.41) is 6.29. The van der Waals surface area contributed by atoms with Crippen molar-refractivity contribution < 1.29 is 4.79 Å². The number of carbonyl (C=O) groups is 1. The Morgan fingerprint density at radius 3 is 3.05 bits per heavy atom. The highest BCUT2D eigenvalue weighted by Gasteiger charge is 2.28. The van der Waals surface area contributed by atoms with Gasteiger partial charge in [0, 0.05) is 13.1 Å². The van der Waals surface area contributed by atoms with E-state index in [2.05, 4.69) is 33.2 Å². The Bertz CT molecular complexity index is 649. The van der Waals surface area contributed by atoms with E-state index < -0.39 is 0 Å². The first-order valence-corrected chi connectivity index (χ1v) is 7.60. The fourth-order valence-electron chi connectivity index (χ4n) is 3.06. The number of rotatable bonds is 4. The first-order chi connectivity index (χ1) is 10.2. The molecule has 0 radical (unpaired) electrons. The highest BCUT2D eigenvalue weighted by atomic mass is 16.2. The van der Waals surface area contributed by atoms with Crippen LogP contribution in [0.15, 0.2) is 24.3 Å². The SMILES string of the molecule is Cc1nc2ccccc2n1CCNC(=O)C1NCCC1C. The molecule has 112 valence electrons. The molecule has 1 aromatic carbocycles. The molecule has 1 aliphatic heterocycles. The molecule has 1 aromatic heterocycles. The Morgan fingerprint density at radius 2 is 2.29 bits per heavy atom. The van der Waals surface area contributed by atoms with Gasteiger partial charge in [-0.15, -0.1) is 0 Å². The maximum atomic E-state index is 12.1. The van der Waals surface area contributed by atoms with E-state index in [1.54, 1.807) is 0 Å². The van der Waals surface area contributed by atoms with Crippen LogP contribution < -0.4 is 10.6 Å². The predicted octanol–water partition coefficient (Wildman–Crippen LogP) is 1.46. The number of carbonyl (C=O) groups excluding carboxylic acids is 1. The van der Waals surface area contributed by atoms with Crippen molar-refractivity contribution in [1.29, 1.82) is 0 Å². The van der Waals surface area contributed by atoms with E-state index in [1.807, 2.05) is 25.1 Å². The number of nitrogens with zero attached hydrogens (tertiary/aromatic N) is 2. The number of imidazole rings is 1. The van der Waals surface area contributed by atoms with Gasteiger partial charge in [0.15, 0.2) is 0 Å². The predicted molar refractivity (Wildman–Crippen MR) is 83.1 cm³/mol. The number of fused-ring (bicyclic) bond motifs is 1. The number of nitrogens with one attached hydrogen (secondary N) is 2. The van der Waals surface area contributed by atoms with Crippen molar-refractivity contribution in [1.82, 2.24) is 20.2 Å². The summed E-state index contributed by atoms with van der Waals surface area (Å²) in [6.07, 6.45) is 1.07. The number of hydrogen-bond donors (Lipinski definition) is 2. The zero-order chi connectivity index (χ0) is 14.8. The van der Waals surface area contributed by atoms with Crippen molar-refractivity contribution in [3.63, 3.8) is 0 Å². The standard InChI is InChI=1S/C16H22N4O/c1-11-7-8-17-15(11)16(21)18-9-10-20-12(2)19-13-5-3-4-6-14(13)20/h3-6,11,15,17H,7-10H2,1-2H3,(H,18,21). The Balaban J connectivity index is 1.62. The van der Waals surface area contributed by atoms with Gasteiger partial charge in [-0.2, -0.15) is 0 Å². The summed E-state index contributed by atoms with van der Waals surface area (Å²) in [5.41, 5.74) is 2.13. The molecule has 3 rings (SSSR count). The summed E-state index contributed by atoms with van der Waals surface area (Å²) in [7, 11) is 0. The fourth-order valence-corrected chi connectivity index (χ4v) is 3.06. The number of hydrogen-bond acceptors (Lipinski definition) is 3. The third-order valence-corrected chi connectivity index (χ3v) is 4.30. The molecule has 2 atom stereocenters. The molecular formula is C16H22N4O. The van der Waals surface area contributed by atoms with Crippen LogP contribution in [0.25, 0.3) is 11.0 Å². The van der Waals surface area contributed by atoms with Crippen LogP contribution in [0.2, 0.25) is 0 Å². The lowest BCUT2D eigenvalue weighted by Crippen LogP contribution is -2.44. The molecule has 2 heterocycles. The molecule has 0 spiro atoms. The molecule has 1 amide bonds. The number of para-hydroxylation sites is 2. The van der Waals surface area contributed by atoms with E-state index in [1.165, 1.54) is 0 Å². The summed E-state index contributed by atoms with van der Waals surface area (Å²) >= 11 is 0. The molecule has 5 nitrogen and oxygen atoms in total. The van der Waals surface area contributed by atoms with E-state index in [0.717, 1.165) is 36.4 Å². The van der Waals surface area contributed by atoms with Crippen LogP contribution in [0.5, 0.6) is 0 Å². The van der Waals surface area contributed by atoms with E-state index in [0.29, 0.717) is 12.5 Å². The van der Waals surface area contributed by atoms with Gasteiger partial charge in [0.1, 0.15) is 5.82 Å². The van der Waals surface area contributed by atoms with Crippen molar-refractivity contribution in [2.24, 2.45) is 5.92 Å². The number of aryl methyl sites for hydroxylation is 1. The minimum Gasteiger partial charge on any atom is -0.353 e. The molecule has 2 N–H and O–H groups in total. The highest BCUT2D eigenvalue weighted by Crippen LogP contribution is 2.16. The zero-order valence-electron chi connectivity index (χ0n) is 12.6. The van der Waals surface area contributed by atoms with Gasteiger partial charge >= 0.3 is 0 Å². The van der Waals surface area contributed by atoms with Gasteiger partial charge in [0.2, 0.25) is 5.91 Å². The van der Waals surface area contributed by atoms with E-state index >= 15 is 0 Å². The van der Waals surface area contributed by atoms with Crippen molar-refractivity contribution >= 4 is 16.9 Å². The molecular weight excluding hydrogens is 264 g/mol. The molecule has 1 fully saturated rings. The monoisotopic (exact) mass is 286 g/mol. The second kappa shape index (κ2) is 5.85. The molecule has 21 heavy (non-hydrogen) atoms. The molecule has 1 aliphatic rings. The summed E-state index contributed by atoms with van der Waals surface area (Å²) in [6.45, 7) is 6.44. The first kappa shape index (κ1) is 14.1. The molecule has 5 heteroatoms. The maximum Gasteiger partial charge on any atom is 0.237 e. The molecule has 0 aliphatic carbocycles. The molecule has 2 aromatic rings. The van der Waals surface area contributed by atoms with E-state index in [-0.39, 0.29) is 11.9 Å². The molecule has 2 unspecified atom stereocenters. The Labute approximate surface area is 124 Å². The van der Waals surface area contributed by atoms with Gasteiger partial charge in [-0.1, -0.05) is 19.1 Å². The van der Waals surface area contributed by atoms with E-state index in [4.69, 9.17) is 0 Å². The average molecular weight is 286 g/mol. The topological polar surface area (TPSA) is 59.0 Å². The van der Waals surface area contributed by atoms with Crippen molar-refractivity contribution in [2.45, 2.75) is 32.9 Å². The van der Waals surface area contributed by atoms with Crippen LogP contribution in [0.4, 0.5) is 0 Å². The summed E-state index contributed by atoms with van der Waals surface area (Å²) < 4.78 is 2.15. The normalized spacial score (nSPS) is 21.8. The van der Waals surface area contributed by atoms with Gasteiger partial charge in [0.25, 0.3) is 0 Å². The van der Waals surface area contributed by atoms with Crippen LogP contribution in [-0.4, -0.2) is 34.6 Å². The van der Waals surface area contributed by atoms with Gasteiger partial charge in [0.05, 0.1) is 17.1 Å². The zero-order valence-corrected chi connectivity index (χ0v) is 12.6. The third kappa shape index (κ3) is 2.78. The summed E-state index contributed by atoms with van der Waals surface area (Å²) in [6, 6.07) is 8.06. The van der Waals surface area contributed by atoms with Crippen LogP contribution >= 0.6 is 0 Å². The number of aromatic nitrogens is 2. The molecule has 0 bridgehead atoms. The van der Waals surface area contributed by atoms with Gasteiger partial charge in [-0.25, -0.2) is 4.98 Å². The van der Waals surface area contributed by atoms with Gasteiger partial charge < -0.3 is 15.2 Å². The number of amides is 1. The second-order valence-electron chi connectivity index (χ2n) is 5.79. The third-order valence-electron chi connectivity index (χ3n) is 4.30. The number of benzene rings is 1. The Morgan fingerprint density at radius 1 is 1.48 bits per heavy atom. The van der Waals surface area contributed by atoms with Gasteiger partial charge in [-0.05, 0) is 37.9 Å². The lowest BCUT2D eigenvalue weighted by Gasteiger charge is -2.16. The second-order valence-corrected chi connectivity index (χ2v) is 5.79. The van der Waals surface area contributed by atoms with Crippen LogP contribution in [-0.2, 0) is 11.3 Å². The van der Waals surface area contributed by atoms with Gasteiger partial charge in [-0.3, -0.25) is 4.79 Å². The van der Waals surface area contributed by atoms with Crippen LogP contribution in [0.3, 0.4) is 0 Å².